The van der Waals surface area contributed by atoms with Crippen LogP contribution in [0.5, 0.6) is 0 Å². The number of thiophene rings is 1. The monoisotopic (exact) mass is 284 g/mol. The van der Waals surface area contributed by atoms with Crippen LogP contribution in [0.3, 0.4) is 0 Å². The van der Waals surface area contributed by atoms with Crippen LogP contribution in [0.1, 0.15) is 23.8 Å². The van der Waals surface area contributed by atoms with Crippen LogP contribution in [0, 0.1) is 11.7 Å². The molecule has 0 amide bonds. The first-order valence-electron chi connectivity index (χ1n) is 5.96. The maximum Gasteiger partial charge on any atom is 0.263 e. The minimum absolute atomic E-state index is 0.0385. The van der Waals surface area contributed by atoms with E-state index in [1.165, 1.54) is 0 Å². The van der Waals surface area contributed by atoms with Crippen LogP contribution in [0.2, 0.25) is 0 Å². The smallest absolute Gasteiger partial charge is 0.263 e. The van der Waals surface area contributed by atoms with E-state index in [1.54, 1.807) is 15.9 Å². The molecule has 0 aliphatic heterocycles. The molecule has 2 aromatic rings. The summed E-state index contributed by atoms with van der Waals surface area (Å²) >= 11 is 6.78. The van der Waals surface area contributed by atoms with E-state index >= 15 is 0 Å². The molecule has 6 heteroatoms. The third kappa shape index (κ3) is 2.15. The SMILES string of the molecule is CCc1c(C)sc2[nH]c(=S)n(CCCO)c(=O)c12. The molecule has 4 nitrogen and oxygen atoms in total. The highest BCUT2D eigenvalue weighted by Crippen LogP contribution is 2.27. The van der Waals surface area contributed by atoms with E-state index < -0.39 is 0 Å². The Morgan fingerprint density at radius 3 is 2.83 bits per heavy atom. The Hall–Kier alpha value is -0.980. The fraction of sp³-hybridized carbons (Fsp3) is 0.500. The molecule has 0 bridgehead atoms. The summed E-state index contributed by atoms with van der Waals surface area (Å²) < 4.78 is 1.98. The van der Waals surface area contributed by atoms with Gasteiger partial charge in [-0.3, -0.25) is 9.36 Å². The summed E-state index contributed by atoms with van der Waals surface area (Å²) in [6, 6.07) is 0. The molecule has 0 aliphatic carbocycles. The number of rotatable bonds is 4. The largest absolute Gasteiger partial charge is 0.396 e. The van der Waals surface area contributed by atoms with Crippen LogP contribution >= 0.6 is 23.6 Å². The first kappa shape index (κ1) is 13.5. The van der Waals surface area contributed by atoms with Crippen molar-refractivity contribution in [2.24, 2.45) is 0 Å². The summed E-state index contributed by atoms with van der Waals surface area (Å²) in [5, 5.41) is 9.63. The molecule has 0 aliphatic rings. The molecule has 18 heavy (non-hydrogen) atoms. The lowest BCUT2D eigenvalue weighted by molar-refractivity contribution is 0.278. The Morgan fingerprint density at radius 2 is 2.22 bits per heavy atom. The number of nitrogens with one attached hydrogen (secondary N) is 1. The van der Waals surface area contributed by atoms with Gasteiger partial charge >= 0.3 is 0 Å². The molecular weight excluding hydrogens is 268 g/mol. The van der Waals surface area contributed by atoms with Gasteiger partial charge in [-0.05, 0) is 37.5 Å². The average molecular weight is 284 g/mol. The second kappa shape index (κ2) is 5.34. The highest BCUT2D eigenvalue weighted by molar-refractivity contribution is 7.71. The number of fused-ring (bicyclic) bond motifs is 1. The molecule has 2 aromatic heterocycles. The molecule has 2 heterocycles. The van der Waals surface area contributed by atoms with Crippen molar-refractivity contribution in [3.05, 3.63) is 25.6 Å². The third-order valence-corrected chi connectivity index (χ3v) is 4.41. The van der Waals surface area contributed by atoms with Gasteiger partial charge in [0, 0.05) is 18.0 Å². The van der Waals surface area contributed by atoms with E-state index in [1.807, 2.05) is 13.8 Å². The molecule has 0 fully saturated rings. The summed E-state index contributed by atoms with van der Waals surface area (Å²) in [4.78, 5) is 17.6. The molecule has 0 spiro atoms. The normalized spacial score (nSPS) is 11.3. The number of aliphatic hydroxyl groups is 1. The van der Waals surface area contributed by atoms with Gasteiger partial charge in [-0.2, -0.15) is 0 Å². The first-order valence-corrected chi connectivity index (χ1v) is 7.18. The molecule has 0 atom stereocenters. The van der Waals surface area contributed by atoms with Gasteiger partial charge in [0.1, 0.15) is 4.83 Å². The molecule has 0 aromatic carbocycles. The maximum atomic E-state index is 12.4. The molecule has 0 unspecified atom stereocenters. The molecule has 0 saturated carbocycles. The van der Waals surface area contributed by atoms with Crippen LogP contribution in [0.15, 0.2) is 4.79 Å². The number of nitrogens with zero attached hydrogens (tertiary/aromatic N) is 1. The Labute approximate surface area is 114 Å². The summed E-state index contributed by atoms with van der Waals surface area (Å²) in [5.74, 6) is 0. The standard InChI is InChI=1S/C12H16N2O2S2/c1-3-8-7(2)18-10-9(8)11(16)14(5-4-6-15)12(17)13-10/h15H,3-6H2,1-2H3,(H,13,17). The summed E-state index contributed by atoms with van der Waals surface area (Å²) in [6.07, 6.45) is 1.37. The van der Waals surface area contributed by atoms with Crippen molar-refractivity contribution in [2.45, 2.75) is 33.2 Å². The highest BCUT2D eigenvalue weighted by Gasteiger charge is 2.14. The fourth-order valence-corrected chi connectivity index (χ4v) is 3.62. The lowest BCUT2D eigenvalue weighted by atomic mass is 10.1. The number of H-pyrrole nitrogens is 1. The van der Waals surface area contributed by atoms with Crippen molar-refractivity contribution < 1.29 is 5.11 Å². The highest BCUT2D eigenvalue weighted by atomic mass is 32.1. The number of aromatic nitrogens is 2. The molecule has 2 N–H and O–H groups in total. The topological polar surface area (TPSA) is 58.0 Å². The van der Waals surface area contributed by atoms with Gasteiger partial charge in [-0.25, -0.2) is 0 Å². The van der Waals surface area contributed by atoms with E-state index in [9.17, 15) is 4.79 Å². The van der Waals surface area contributed by atoms with Crippen LogP contribution < -0.4 is 5.56 Å². The zero-order chi connectivity index (χ0) is 13.3. The lowest BCUT2D eigenvalue weighted by Gasteiger charge is -2.05. The number of aryl methyl sites for hydroxylation is 2. The van der Waals surface area contributed by atoms with Crippen molar-refractivity contribution in [2.75, 3.05) is 6.61 Å². The van der Waals surface area contributed by atoms with E-state index in [-0.39, 0.29) is 12.2 Å². The molecule has 0 saturated heterocycles. The summed E-state index contributed by atoms with van der Waals surface area (Å²) in [5.41, 5.74) is 1.06. The van der Waals surface area contributed by atoms with Gasteiger partial charge in [0.15, 0.2) is 4.77 Å². The summed E-state index contributed by atoms with van der Waals surface area (Å²) in [6.45, 7) is 4.59. The Balaban J connectivity index is 2.75. The summed E-state index contributed by atoms with van der Waals surface area (Å²) in [7, 11) is 0. The maximum absolute atomic E-state index is 12.4. The fourth-order valence-electron chi connectivity index (χ4n) is 2.14. The predicted octanol–water partition coefficient (Wildman–Crippen LogP) is 2.37. The second-order valence-corrected chi connectivity index (χ2v) is 5.77. The van der Waals surface area contributed by atoms with Crippen molar-refractivity contribution in [1.29, 1.82) is 0 Å². The molecule has 98 valence electrons. The first-order chi connectivity index (χ1) is 8.60. The van der Waals surface area contributed by atoms with Crippen molar-refractivity contribution in [1.82, 2.24) is 9.55 Å². The van der Waals surface area contributed by atoms with Gasteiger partial charge in [-0.15, -0.1) is 11.3 Å². The zero-order valence-corrected chi connectivity index (χ0v) is 12.1. The predicted molar refractivity (Wildman–Crippen MR) is 77.1 cm³/mol. The quantitative estimate of drug-likeness (QED) is 0.848. The van der Waals surface area contributed by atoms with Crippen LogP contribution in [0.4, 0.5) is 0 Å². The van der Waals surface area contributed by atoms with E-state index in [0.717, 1.165) is 27.1 Å². The number of aromatic amines is 1. The van der Waals surface area contributed by atoms with Crippen LogP contribution in [-0.2, 0) is 13.0 Å². The molecule has 0 radical (unpaired) electrons. The van der Waals surface area contributed by atoms with Crippen LogP contribution in [0.25, 0.3) is 10.2 Å². The Kier molecular flexibility index (Phi) is 3.99. The minimum Gasteiger partial charge on any atom is -0.396 e. The van der Waals surface area contributed by atoms with E-state index in [4.69, 9.17) is 17.3 Å². The zero-order valence-electron chi connectivity index (χ0n) is 10.4. The number of hydrogen-bond donors (Lipinski definition) is 2. The lowest BCUT2D eigenvalue weighted by Crippen LogP contribution is -2.22. The van der Waals surface area contributed by atoms with Gasteiger partial charge in [0.2, 0.25) is 0 Å². The molecule has 2 rings (SSSR count). The van der Waals surface area contributed by atoms with Gasteiger partial charge in [0.25, 0.3) is 5.56 Å². The van der Waals surface area contributed by atoms with Gasteiger partial charge < -0.3 is 10.1 Å². The second-order valence-electron chi connectivity index (χ2n) is 4.16. The average Bonchev–Trinajstić information content (AvgIpc) is 2.64. The van der Waals surface area contributed by atoms with E-state index in [2.05, 4.69) is 4.98 Å². The van der Waals surface area contributed by atoms with Crippen molar-refractivity contribution in [3.63, 3.8) is 0 Å². The van der Waals surface area contributed by atoms with Crippen LogP contribution in [-0.4, -0.2) is 21.3 Å². The van der Waals surface area contributed by atoms with Gasteiger partial charge in [0.05, 0.1) is 5.39 Å². The number of hydrogen-bond acceptors (Lipinski definition) is 4. The van der Waals surface area contributed by atoms with E-state index in [0.29, 0.717) is 17.7 Å². The van der Waals surface area contributed by atoms with Gasteiger partial charge in [-0.1, -0.05) is 6.92 Å². The Bertz CT molecular complexity index is 682. The number of aliphatic hydroxyl groups excluding tert-OH is 1. The Morgan fingerprint density at radius 1 is 1.50 bits per heavy atom. The minimum atomic E-state index is -0.0385. The third-order valence-electron chi connectivity index (χ3n) is 3.03. The van der Waals surface area contributed by atoms with Crippen molar-refractivity contribution in [3.8, 4) is 0 Å². The van der Waals surface area contributed by atoms with Crippen molar-refractivity contribution >= 4 is 33.8 Å². The molecular formula is C12H16N2O2S2.